The van der Waals surface area contributed by atoms with Crippen LogP contribution >= 0.6 is 0 Å². The molecule has 1 aromatic heterocycles. The summed E-state index contributed by atoms with van der Waals surface area (Å²) in [6, 6.07) is 7.95. The first-order valence-corrected chi connectivity index (χ1v) is 6.72. The molecule has 1 aliphatic carbocycles. The number of rotatable bonds is 3. The van der Waals surface area contributed by atoms with Gasteiger partial charge in [0.25, 0.3) is 5.91 Å². The monoisotopic (exact) mass is 255 g/mol. The summed E-state index contributed by atoms with van der Waals surface area (Å²) in [7, 11) is 0. The molecule has 0 atom stereocenters. The molecular formula is C15H17N3O. The molecule has 0 saturated heterocycles. The van der Waals surface area contributed by atoms with Crippen molar-refractivity contribution < 1.29 is 4.79 Å². The summed E-state index contributed by atoms with van der Waals surface area (Å²) in [5.74, 6) is 0.0316. The third-order valence-electron chi connectivity index (χ3n) is 3.62. The lowest BCUT2D eigenvalue weighted by Crippen LogP contribution is -2.32. The van der Waals surface area contributed by atoms with Crippen LogP contribution in [0.2, 0.25) is 0 Å². The number of carbonyl (C=O) groups is 1. The number of amides is 1. The van der Waals surface area contributed by atoms with Crippen LogP contribution in [0.15, 0.2) is 43.0 Å². The third-order valence-corrected chi connectivity index (χ3v) is 3.62. The maximum absolute atomic E-state index is 12.1. The molecule has 0 aliphatic heterocycles. The van der Waals surface area contributed by atoms with Crippen LogP contribution in [0.25, 0.3) is 5.69 Å². The van der Waals surface area contributed by atoms with Crippen molar-refractivity contribution in [3.05, 3.63) is 48.5 Å². The first-order valence-electron chi connectivity index (χ1n) is 6.72. The molecule has 0 bridgehead atoms. The van der Waals surface area contributed by atoms with Gasteiger partial charge in [0.2, 0.25) is 0 Å². The zero-order chi connectivity index (χ0) is 13.1. The highest BCUT2D eigenvalue weighted by atomic mass is 16.1. The summed E-state index contributed by atoms with van der Waals surface area (Å²) >= 11 is 0. The minimum Gasteiger partial charge on any atom is -0.349 e. The molecule has 1 aromatic carbocycles. The van der Waals surface area contributed by atoms with E-state index in [-0.39, 0.29) is 5.91 Å². The van der Waals surface area contributed by atoms with Crippen molar-refractivity contribution in [1.82, 2.24) is 14.9 Å². The summed E-state index contributed by atoms with van der Waals surface area (Å²) in [6.07, 6.45) is 10.0. The van der Waals surface area contributed by atoms with E-state index in [9.17, 15) is 4.79 Å². The van der Waals surface area contributed by atoms with Crippen molar-refractivity contribution in [3.8, 4) is 5.69 Å². The summed E-state index contributed by atoms with van der Waals surface area (Å²) in [6.45, 7) is 0. The van der Waals surface area contributed by atoms with Gasteiger partial charge in [-0.05, 0) is 37.1 Å². The SMILES string of the molecule is O=C(NC1CCCC1)c1ccc(-n2ccnc2)cc1. The predicted molar refractivity (Wildman–Crippen MR) is 73.3 cm³/mol. The Hall–Kier alpha value is -2.10. The topological polar surface area (TPSA) is 46.9 Å². The van der Waals surface area contributed by atoms with Crippen molar-refractivity contribution in [2.24, 2.45) is 0 Å². The van der Waals surface area contributed by atoms with E-state index in [1.54, 1.807) is 12.5 Å². The van der Waals surface area contributed by atoms with Crippen LogP contribution in [0.4, 0.5) is 0 Å². The van der Waals surface area contributed by atoms with Gasteiger partial charge in [0.05, 0.1) is 6.33 Å². The molecule has 98 valence electrons. The number of nitrogens with zero attached hydrogens (tertiary/aromatic N) is 2. The van der Waals surface area contributed by atoms with E-state index >= 15 is 0 Å². The molecule has 1 amide bonds. The molecule has 2 aromatic rings. The van der Waals surface area contributed by atoms with Crippen LogP contribution in [-0.2, 0) is 0 Å². The van der Waals surface area contributed by atoms with Gasteiger partial charge in [0, 0.05) is 29.7 Å². The summed E-state index contributed by atoms with van der Waals surface area (Å²) < 4.78 is 1.92. The second kappa shape index (κ2) is 5.26. The quantitative estimate of drug-likeness (QED) is 0.916. The number of aromatic nitrogens is 2. The number of carbonyl (C=O) groups excluding carboxylic acids is 1. The van der Waals surface area contributed by atoms with Crippen molar-refractivity contribution in [2.45, 2.75) is 31.7 Å². The van der Waals surface area contributed by atoms with Crippen LogP contribution in [0.5, 0.6) is 0 Å². The minimum atomic E-state index is 0.0316. The second-order valence-electron chi connectivity index (χ2n) is 4.97. The zero-order valence-corrected chi connectivity index (χ0v) is 10.7. The predicted octanol–water partition coefficient (Wildman–Crippen LogP) is 2.54. The van der Waals surface area contributed by atoms with Gasteiger partial charge in [0.15, 0.2) is 0 Å². The molecule has 0 spiro atoms. The lowest BCUT2D eigenvalue weighted by Gasteiger charge is -2.12. The Labute approximate surface area is 112 Å². The lowest BCUT2D eigenvalue weighted by molar-refractivity contribution is 0.0938. The molecule has 0 unspecified atom stereocenters. The number of imidazole rings is 1. The molecule has 0 radical (unpaired) electrons. The maximum atomic E-state index is 12.1. The van der Waals surface area contributed by atoms with E-state index in [1.165, 1.54) is 12.8 Å². The Morgan fingerprint density at radius 3 is 2.58 bits per heavy atom. The van der Waals surface area contributed by atoms with Crippen LogP contribution in [0.1, 0.15) is 36.0 Å². The average Bonchev–Trinajstić information content (AvgIpc) is 3.12. The highest BCUT2D eigenvalue weighted by Gasteiger charge is 2.17. The van der Waals surface area contributed by atoms with E-state index in [2.05, 4.69) is 10.3 Å². The summed E-state index contributed by atoms with van der Waals surface area (Å²) in [5.41, 5.74) is 1.73. The second-order valence-corrected chi connectivity index (χ2v) is 4.97. The van der Waals surface area contributed by atoms with Crippen molar-refractivity contribution in [3.63, 3.8) is 0 Å². The minimum absolute atomic E-state index is 0.0316. The van der Waals surface area contributed by atoms with Gasteiger partial charge in [-0.25, -0.2) is 4.98 Å². The third kappa shape index (κ3) is 2.67. The molecule has 1 saturated carbocycles. The molecule has 19 heavy (non-hydrogen) atoms. The molecular weight excluding hydrogens is 238 g/mol. The van der Waals surface area contributed by atoms with Crippen LogP contribution < -0.4 is 5.32 Å². The van der Waals surface area contributed by atoms with Crippen molar-refractivity contribution >= 4 is 5.91 Å². The fraction of sp³-hybridized carbons (Fsp3) is 0.333. The summed E-state index contributed by atoms with van der Waals surface area (Å²) in [4.78, 5) is 16.1. The first-order chi connectivity index (χ1) is 9.33. The van der Waals surface area contributed by atoms with Gasteiger partial charge in [-0.3, -0.25) is 4.79 Å². The van der Waals surface area contributed by atoms with Crippen LogP contribution in [-0.4, -0.2) is 21.5 Å². The molecule has 1 N–H and O–H groups in total. The summed E-state index contributed by atoms with van der Waals surface area (Å²) in [5, 5.41) is 3.09. The number of hydrogen-bond donors (Lipinski definition) is 1. The standard InChI is InChI=1S/C15H17N3O/c19-15(17-13-3-1-2-4-13)12-5-7-14(8-6-12)18-10-9-16-11-18/h5-11,13H,1-4H2,(H,17,19). The molecule has 4 nitrogen and oxygen atoms in total. The largest absolute Gasteiger partial charge is 0.349 e. The Kier molecular flexibility index (Phi) is 3.31. The molecule has 1 fully saturated rings. The molecule has 1 aliphatic rings. The van der Waals surface area contributed by atoms with E-state index in [4.69, 9.17) is 0 Å². The van der Waals surface area contributed by atoms with Gasteiger partial charge in [0.1, 0.15) is 0 Å². The van der Waals surface area contributed by atoms with Crippen LogP contribution in [0.3, 0.4) is 0 Å². The Morgan fingerprint density at radius 1 is 1.21 bits per heavy atom. The zero-order valence-electron chi connectivity index (χ0n) is 10.7. The maximum Gasteiger partial charge on any atom is 0.251 e. The number of hydrogen-bond acceptors (Lipinski definition) is 2. The average molecular weight is 255 g/mol. The van der Waals surface area contributed by atoms with Gasteiger partial charge < -0.3 is 9.88 Å². The Morgan fingerprint density at radius 2 is 1.95 bits per heavy atom. The van der Waals surface area contributed by atoms with Crippen molar-refractivity contribution in [1.29, 1.82) is 0 Å². The van der Waals surface area contributed by atoms with Gasteiger partial charge in [-0.1, -0.05) is 12.8 Å². The fourth-order valence-corrected chi connectivity index (χ4v) is 2.54. The van der Waals surface area contributed by atoms with E-state index in [1.807, 2.05) is 35.0 Å². The van der Waals surface area contributed by atoms with Crippen molar-refractivity contribution in [2.75, 3.05) is 0 Å². The normalized spacial score (nSPS) is 15.6. The van der Waals surface area contributed by atoms with Crippen LogP contribution in [0, 0.1) is 0 Å². The van der Waals surface area contributed by atoms with Gasteiger partial charge in [-0.15, -0.1) is 0 Å². The molecule has 3 rings (SSSR count). The highest BCUT2D eigenvalue weighted by molar-refractivity contribution is 5.94. The van der Waals surface area contributed by atoms with Gasteiger partial charge in [-0.2, -0.15) is 0 Å². The Balaban J connectivity index is 1.69. The van der Waals surface area contributed by atoms with E-state index < -0.39 is 0 Å². The highest BCUT2D eigenvalue weighted by Crippen LogP contribution is 2.18. The van der Waals surface area contributed by atoms with E-state index in [0.717, 1.165) is 24.1 Å². The van der Waals surface area contributed by atoms with E-state index in [0.29, 0.717) is 6.04 Å². The Bertz CT molecular complexity index is 539. The number of nitrogens with one attached hydrogen (secondary N) is 1. The fourth-order valence-electron chi connectivity index (χ4n) is 2.54. The van der Waals surface area contributed by atoms with Gasteiger partial charge >= 0.3 is 0 Å². The first kappa shape index (κ1) is 12.0. The molecule has 4 heteroatoms. The number of benzene rings is 1. The smallest absolute Gasteiger partial charge is 0.251 e. The molecule has 1 heterocycles. The lowest BCUT2D eigenvalue weighted by atomic mass is 10.1.